The molecule has 21 heavy (non-hydrogen) atoms. The Hall–Kier alpha value is -0.545. The maximum Gasteiger partial charge on any atom is 0.323 e. The van der Waals surface area contributed by atoms with Gasteiger partial charge in [-0.25, -0.2) is 0 Å². The predicted molar refractivity (Wildman–Crippen MR) is 87.7 cm³/mol. The zero-order valence-corrected chi connectivity index (χ0v) is 13.5. The van der Waals surface area contributed by atoms with E-state index < -0.39 is 11.5 Å². The van der Waals surface area contributed by atoms with Crippen LogP contribution in [0.1, 0.15) is 58.3 Å². The number of nitrogens with zero attached hydrogens (tertiary/aromatic N) is 1. The third-order valence-corrected chi connectivity index (χ3v) is 4.78. The van der Waals surface area contributed by atoms with Crippen molar-refractivity contribution in [3.8, 4) is 0 Å². The first-order valence-corrected chi connectivity index (χ1v) is 8.46. The summed E-state index contributed by atoms with van der Waals surface area (Å²) in [5, 5.41) is 9.40. The largest absolute Gasteiger partial charge is 0.480 e. The second-order valence-corrected chi connectivity index (χ2v) is 6.53. The normalized spacial score (nSPS) is 20.3. The van der Waals surface area contributed by atoms with Crippen LogP contribution in [0, 0.1) is 5.92 Å². The summed E-state index contributed by atoms with van der Waals surface area (Å²) in [6.45, 7) is 5.21. The van der Waals surface area contributed by atoms with Crippen molar-refractivity contribution in [1.82, 2.24) is 4.90 Å². The molecule has 0 saturated carbocycles. The number of carboxylic acid groups (broad SMARTS) is 1. The number of hydrogen-bond donors (Lipinski definition) is 2. The minimum absolute atomic E-state index is 0.520. The molecular formula is C16H31BN2O2. The van der Waals surface area contributed by atoms with E-state index in [-0.39, 0.29) is 0 Å². The van der Waals surface area contributed by atoms with Crippen LogP contribution in [0.5, 0.6) is 0 Å². The van der Waals surface area contributed by atoms with Crippen LogP contribution in [0.4, 0.5) is 0 Å². The van der Waals surface area contributed by atoms with Crippen molar-refractivity contribution in [2.75, 3.05) is 19.6 Å². The van der Waals surface area contributed by atoms with Gasteiger partial charge in [0.05, 0.1) is 7.85 Å². The molecule has 1 heterocycles. The van der Waals surface area contributed by atoms with E-state index in [1.807, 2.05) is 0 Å². The summed E-state index contributed by atoms with van der Waals surface area (Å²) in [6.07, 6.45) is 8.35. The van der Waals surface area contributed by atoms with Crippen molar-refractivity contribution < 1.29 is 9.90 Å². The predicted octanol–water partition coefficient (Wildman–Crippen LogP) is 2.43. The van der Waals surface area contributed by atoms with Gasteiger partial charge in [0.1, 0.15) is 5.54 Å². The van der Waals surface area contributed by atoms with Crippen molar-refractivity contribution in [3.05, 3.63) is 0 Å². The lowest BCUT2D eigenvalue weighted by Crippen LogP contribution is -2.50. The lowest BCUT2D eigenvalue weighted by Gasteiger charge is -2.34. The van der Waals surface area contributed by atoms with Crippen molar-refractivity contribution in [3.63, 3.8) is 0 Å². The van der Waals surface area contributed by atoms with E-state index in [9.17, 15) is 9.90 Å². The minimum Gasteiger partial charge on any atom is -0.480 e. The number of unbranched alkanes of at least 4 members (excludes halogenated alkanes) is 1. The highest BCUT2D eigenvalue weighted by molar-refractivity contribution is 6.08. The van der Waals surface area contributed by atoms with Gasteiger partial charge in [0, 0.05) is 6.54 Å². The molecule has 1 unspecified atom stereocenters. The Morgan fingerprint density at radius 2 is 2.00 bits per heavy atom. The number of aliphatic carboxylic acids is 1. The topological polar surface area (TPSA) is 66.6 Å². The highest BCUT2D eigenvalue weighted by Crippen LogP contribution is 2.23. The Labute approximate surface area is 130 Å². The molecule has 4 nitrogen and oxygen atoms in total. The molecule has 0 bridgehead atoms. The summed E-state index contributed by atoms with van der Waals surface area (Å²) >= 11 is 0. The minimum atomic E-state index is -1.09. The van der Waals surface area contributed by atoms with E-state index in [0.29, 0.717) is 19.2 Å². The molecule has 0 spiro atoms. The maximum absolute atomic E-state index is 11.5. The number of carbonyl (C=O) groups is 1. The highest BCUT2D eigenvalue weighted by atomic mass is 16.4. The molecule has 1 fully saturated rings. The van der Waals surface area contributed by atoms with Crippen LogP contribution in [0.2, 0.25) is 6.32 Å². The van der Waals surface area contributed by atoms with Crippen LogP contribution < -0.4 is 5.73 Å². The maximum atomic E-state index is 11.5. The molecule has 1 rings (SSSR count). The molecule has 1 aliphatic heterocycles. The third-order valence-electron chi connectivity index (χ3n) is 4.78. The molecule has 0 aliphatic carbocycles. The molecule has 0 aromatic heterocycles. The molecule has 120 valence electrons. The molecular weight excluding hydrogens is 263 g/mol. The van der Waals surface area contributed by atoms with Gasteiger partial charge in [0.2, 0.25) is 0 Å². The summed E-state index contributed by atoms with van der Waals surface area (Å²) in [7, 11) is 5.47. The van der Waals surface area contributed by atoms with E-state index in [1.165, 1.54) is 25.7 Å². The Balaban J connectivity index is 2.35. The van der Waals surface area contributed by atoms with Crippen molar-refractivity contribution >= 4 is 13.8 Å². The van der Waals surface area contributed by atoms with Crippen LogP contribution >= 0.6 is 0 Å². The number of nitrogens with two attached hydrogens (primary N) is 1. The quantitative estimate of drug-likeness (QED) is 0.480. The highest BCUT2D eigenvalue weighted by Gasteiger charge is 2.33. The molecule has 0 amide bonds. The monoisotopic (exact) mass is 294 g/mol. The summed E-state index contributed by atoms with van der Waals surface area (Å²) in [5.41, 5.74) is 5.02. The fourth-order valence-electron chi connectivity index (χ4n) is 3.19. The zero-order valence-electron chi connectivity index (χ0n) is 13.5. The van der Waals surface area contributed by atoms with Crippen molar-refractivity contribution in [2.24, 2.45) is 11.7 Å². The summed E-state index contributed by atoms with van der Waals surface area (Å²) in [6, 6.07) is 0. The van der Waals surface area contributed by atoms with Gasteiger partial charge < -0.3 is 15.7 Å². The molecule has 2 radical (unpaired) electrons. The van der Waals surface area contributed by atoms with Gasteiger partial charge in [-0.2, -0.15) is 0 Å². The van der Waals surface area contributed by atoms with Crippen LogP contribution in [0.15, 0.2) is 0 Å². The first kappa shape index (κ1) is 18.5. The fourth-order valence-corrected chi connectivity index (χ4v) is 3.19. The van der Waals surface area contributed by atoms with Crippen LogP contribution in [-0.2, 0) is 4.79 Å². The first-order chi connectivity index (χ1) is 10.0. The Morgan fingerprint density at radius 3 is 2.52 bits per heavy atom. The van der Waals surface area contributed by atoms with Crippen molar-refractivity contribution in [2.45, 2.75) is 70.1 Å². The van der Waals surface area contributed by atoms with Gasteiger partial charge in [-0.15, -0.1) is 0 Å². The molecule has 0 aromatic carbocycles. The summed E-state index contributed by atoms with van der Waals surface area (Å²) in [5.74, 6) is -0.0155. The van der Waals surface area contributed by atoms with Gasteiger partial charge in [-0.3, -0.25) is 4.79 Å². The Bertz CT molecular complexity index is 307. The number of piperidine rings is 1. The standard InChI is InChI=1S/C16H31BN2O2/c1-2-5-14-6-11-19(12-7-14)13-9-16(18,15(20)21)8-3-4-10-17/h14H,2-13,18H2,1H3,(H,20,21). The van der Waals surface area contributed by atoms with E-state index in [1.54, 1.807) is 0 Å². The van der Waals surface area contributed by atoms with Crippen LogP contribution in [0.25, 0.3) is 0 Å². The number of hydrogen-bond acceptors (Lipinski definition) is 3. The van der Waals surface area contributed by atoms with Gasteiger partial charge in [-0.1, -0.05) is 38.9 Å². The van der Waals surface area contributed by atoms with E-state index in [0.717, 1.165) is 38.4 Å². The third kappa shape index (κ3) is 6.39. The first-order valence-electron chi connectivity index (χ1n) is 8.46. The Morgan fingerprint density at radius 1 is 1.33 bits per heavy atom. The van der Waals surface area contributed by atoms with Crippen molar-refractivity contribution in [1.29, 1.82) is 0 Å². The second kappa shape index (κ2) is 9.47. The fraction of sp³-hybridized carbons (Fsp3) is 0.938. The van der Waals surface area contributed by atoms with Gasteiger partial charge in [-0.05, 0) is 44.7 Å². The molecule has 1 saturated heterocycles. The van der Waals surface area contributed by atoms with Crippen LogP contribution in [-0.4, -0.2) is 49.0 Å². The van der Waals surface area contributed by atoms with Crippen LogP contribution in [0.3, 0.4) is 0 Å². The number of rotatable bonds is 10. The number of likely N-dealkylation sites (tertiary alicyclic amines) is 1. The summed E-state index contributed by atoms with van der Waals surface area (Å²) < 4.78 is 0. The zero-order chi connectivity index (χ0) is 15.7. The molecule has 1 aliphatic rings. The lowest BCUT2D eigenvalue weighted by atomic mass is 9.87. The molecule has 1 atom stereocenters. The molecule has 5 heteroatoms. The molecule has 0 aromatic rings. The SMILES string of the molecule is [B]CCCCC(N)(CCN1CCC(CCC)CC1)C(=O)O. The summed E-state index contributed by atoms with van der Waals surface area (Å²) in [4.78, 5) is 13.8. The lowest BCUT2D eigenvalue weighted by molar-refractivity contribution is -0.144. The average Bonchev–Trinajstić information content (AvgIpc) is 2.47. The van der Waals surface area contributed by atoms with E-state index >= 15 is 0 Å². The second-order valence-electron chi connectivity index (χ2n) is 6.53. The van der Waals surface area contributed by atoms with Gasteiger partial charge >= 0.3 is 5.97 Å². The smallest absolute Gasteiger partial charge is 0.323 e. The Kier molecular flexibility index (Phi) is 8.34. The molecule has 3 N–H and O–H groups in total. The van der Waals surface area contributed by atoms with Gasteiger partial charge in [0.15, 0.2) is 0 Å². The van der Waals surface area contributed by atoms with Gasteiger partial charge in [0.25, 0.3) is 0 Å². The average molecular weight is 294 g/mol. The number of carboxylic acids is 1. The van der Waals surface area contributed by atoms with E-state index in [4.69, 9.17) is 13.6 Å². The van der Waals surface area contributed by atoms with E-state index in [2.05, 4.69) is 11.8 Å².